The van der Waals surface area contributed by atoms with E-state index in [0.717, 1.165) is 39.8 Å². The molecule has 0 unspecified atom stereocenters. The monoisotopic (exact) mass is 1200 g/mol. The number of hydrogen-bond donors (Lipinski definition) is 7. The Morgan fingerprint density at radius 1 is 0.416 bits per heavy atom. The van der Waals surface area contributed by atoms with Gasteiger partial charge in [-0.05, 0) is 131 Å². The van der Waals surface area contributed by atoms with Gasteiger partial charge in [-0.15, -0.1) is 0 Å². The summed E-state index contributed by atoms with van der Waals surface area (Å²) in [6, 6.07) is 66.6. The molecule has 0 heterocycles. The zero-order chi connectivity index (χ0) is 64.2. The van der Waals surface area contributed by atoms with Gasteiger partial charge in [0.05, 0.1) is 42.8 Å². The van der Waals surface area contributed by atoms with E-state index in [1.807, 2.05) is 141 Å². The van der Waals surface area contributed by atoms with Crippen molar-refractivity contribution in [2.75, 3.05) is 6.61 Å². The summed E-state index contributed by atoms with van der Waals surface area (Å²) in [5.41, 5.74) is 17.7. The van der Waals surface area contributed by atoms with Crippen molar-refractivity contribution in [1.29, 1.82) is 0 Å². The Kier molecular flexibility index (Phi) is 26.8. The zero-order valence-corrected chi connectivity index (χ0v) is 50.7. The fourth-order valence-corrected chi connectivity index (χ4v) is 10.2. The topological polar surface area (TPSA) is 260 Å². The van der Waals surface area contributed by atoms with Crippen LogP contribution in [0.2, 0.25) is 0 Å². The van der Waals surface area contributed by atoms with Crippen LogP contribution in [-0.2, 0) is 60.8 Å². The lowest BCUT2D eigenvalue weighted by Gasteiger charge is -2.21. The number of esters is 1. The van der Waals surface area contributed by atoms with Gasteiger partial charge >= 0.3 is 29.8 Å². The Labute approximate surface area is 520 Å². The average Bonchev–Trinajstić information content (AvgIpc) is 3.15. The maximum atomic E-state index is 12.9. The first-order valence-electron chi connectivity index (χ1n) is 29.8. The molecule has 0 aliphatic carbocycles. The summed E-state index contributed by atoms with van der Waals surface area (Å²) in [6.45, 7) is 7.35. The van der Waals surface area contributed by atoms with E-state index in [0.29, 0.717) is 42.6 Å². The Hall–Kier alpha value is -9.99. The summed E-state index contributed by atoms with van der Waals surface area (Å²) < 4.78 is 5.02. The smallest absolute Gasteiger partial charge is 0.335 e. The molecule has 8 N–H and O–H groups in total. The van der Waals surface area contributed by atoms with Gasteiger partial charge in [0, 0.05) is 23.7 Å². The molecule has 89 heavy (non-hydrogen) atoms. The summed E-state index contributed by atoms with van der Waals surface area (Å²) in [5.74, 6) is -6.06. The molecule has 8 rings (SSSR count). The number of carboxylic acid groups (broad SMARTS) is 4. The van der Waals surface area contributed by atoms with Gasteiger partial charge in [0.2, 0.25) is 5.91 Å². The van der Waals surface area contributed by atoms with E-state index in [4.69, 9.17) is 20.7 Å². The summed E-state index contributed by atoms with van der Waals surface area (Å²) in [7, 11) is 0. The van der Waals surface area contributed by atoms with Crippen LogP contribution >= 0.6 is 0 Å². The van der Waals surface area contributed by atoms with Crippen LogP contribution in [0.1, 0.15) is 95.5 Å². The summed E-state index contributed by atoms with van der Waals surface area (Å²) in [5, 5.41) is 42.7. The van der Waals surface area contributed by atoms with E-state index in [1.54, 1.807) is 50.2 Å². The molecule has 0 fully saturated rings. The third-order valence-electron chi connectivity index (χ3n) is 14.9. The second-order valence-electron chi connectivity index (χ2n) is 22.3. The highest BCUT2D eigenvalue weighted by Gasteiger charge is 2.24. The maximum Gasteiger partial charge on any atom is 0.335 e. The normalized spacial score (nSPS) is 12.7. The van der Waals surface area contributed by atoms with E-state index in [9.17, 15) is 43.8 Å². The van der Waals surface area contributed by atoms with Crippen LogP contribution < -0.4 is 16.4 Å². The Bertz CT molecular complexity index is 3560. The van der Waals surface area contributed by atoms with E-state index in [1.165, 1.54) is 28.8 Å². The van der Waals surface area contributed by atoms with Gasteiger partial charge in [-0.2, -0.15) is 0 Å². The van der Waals surface area contributed by atoms with Crippen LogP contribution in [0.4, 0.5) is 0 Å². The van der Waals surface area contributed by atoms with Crippen molar-refractivity contribution in [3.05, 3.63) is 251 Å². The molecule has 6 atom stereocenters. The largest absolute Gasteiger partial charge is 0.481 e. The lowest BCUT2D eigenvalue weighted by atomic mass is 9.94. The number of nitrogens with two attached hydrogens (primary N) is 1. The second kappa shape index (κ2) is 35.0. The van der Waals surface area contributed by atoms with Gasteiger partial charge in [0.25, 0.3) is 5.91 Å². The fourth-order valence-electron chi connectivity index (χ4n) is 10.2. The molecular weight excluding hydrogens is 1120 g/mol. The second-order valence-corrected chi connectivity index (χ2v) is 22.3. The number of carbonyl (C=O) groups is 7. The molecule has 0 spiro atoms. The minimum absolute atomic E-state index is 0.0199. The first kappa shape index (κ1) is 68.1. The molecule has 0 aliphatic heterocycles. The van der Waals surface area contributed by atoms with Crippen LogP contribution in [-0.4, -0.2) is 86.8 Å². The number of amides is 2. The molecule has 8 aromatic rings. The van der Waals surface area contributed by atoms with Crippen molar-refractivity contribution in [1.82, 2.24) is 10.6 Å². The molecule has 0 saturated carbocycles. The third kappa shape index (κ3) is 23.3. The number of carbonyl (C=O) groups excluding carboxylic acids is 3. The highest BCUT2D eigenvalue weighted by Crippen LogP contribution is 2.25. The maximum absolute atomic E-state index is 12.9. The van der Waals surface area contributed by atoms with Gasteiger partial charge in [-0.1, -0.05) is 209 Å². The van der Waals surface area contributed by atoms with Crippen molar-refractivity contribution < 1.29 is 58.7 Å². The fraction of sp³-hybridized carbons (Fsp3) is 0.257. The number of nitrogens with one attached hydrogen (secondary N) is 2. The SMILES string of the molecule is CCOC(=O)[C@H](C)C[C@H](N)Cc1ccc(-c2ccccc2)cc1.C[C@H](C[C@@H](Cc1ccc(-c2ccccc2)cc1)NC(=O)Cc1cccc(C(=O)O)c1)C(=O)O.C[C@H](C[C@@H](Cc1ccc(-c2ccccc2)cc1)NC(=O)c1cccc(CC(=O)O)c1)C(=O)O. The molecule has 0 radical (unpaired) electrons. The number of ether oxygens (including phenoxy) is 1. The molecule has 15 heteroatoms. The van der Waals surface area contributed by atoms with Crippen LogP contribution in [0.5, 0.6) is 0 Å². The first-order valence-corrected chi connectivity index (χ1v) is 29.8. The molecule has 0 aliphatic rings. The van der Waals surface area contributed by atoms with E-state index < -0.39 is 41.8 Å². The molecule has 2 amide bonds. The number of benzene rings is 8. The molecule has 0 aromatic heterocycles. The van der Waals surface area contributed by atoms with Gasteiger partial charge in [0.15, 0.2) is 0 Å². The summed E-state index contributed by atoms with van der Waals surface area (Å²) in [4.78, 5) is 82.2. The predicted octanol–water partition coefficient (Wildman–Crippen LogP) is 12.7. The Morgan fingerprint density at radius 3 is 1.20 bits per heavy atom. The molecule has 15 nitrogen and oxygen atoms in total. The van der Waals surface area contributed by atoms with E-state index >= 15 is 0 Å². The van der Waals surface area contributed by atoms with E-state index in [2.05, 4.69) is 47.0 Å². The molecule has 0 bridgehead atoms. The quantitative estimate of drug-likeness (QED) is 0.0237. The standard InChI is InChI=1S/2C27H27NO5.C20H25NO2/c1-18(27(32)33)14-24(28-26(31)23-9-5-6-20(15-23)17-25(29)30)16-19-10-12-22(13-11-19)21-7-3-2-4-8-21;1-18(26(30)31)14-24(28-25(29)17-20-6-5-9-23(15-20)27(32)33)16-19-10-12-22(13-11-19)21-7-3-2-4-8-21;1-3-23-20(22)15(2)13-19(21)14-16-9-11-18(12-10-16)17-7-5-4-6-8-17/h2-13,15,18,24H,14,16-17H2,1H3,(H,28,31)(H,29,30)(H,32,33);2-13,15,18,24H,14,16-17H2,1H3,(H,28,29)(H,30,31)(H,32,33);4-12,15,19H,3,13-14,21H2,1-2H3/t2*18-,24+;15-,19+/m111/s1. The number of hydrogen-bond acceptors (Lipinski definition) is 9. The van der Waals surface area contributed by atoms with Crippen molar-refractivity contribution in [2.24, 2.45) is 23.5 Å². The number of rotatable bonds is 27. The zero-order valence-electron chi connectivity index (χ0n) is 50.7. The van der Waals surface area contributed by atoms with Gasteiger partial charge < -0.3 is 41.5 Å². The van der Waals surface area contributed by atoms with Crippen molar-refractivity contribution >= 4 is 41.7 Å². The number of carboxylic acids is 4. The molecular formula is C74H79N3O12. The van der Waals surface area contributed by atoms with Crippen LogP contribution in [0.15, 0.2) is 212 Å². The third-order valence-corrected chi connectivity index (χ3v) is 14.9. The van der Waals surface area contributed by atoms with Crippen LogP contribution in [0, 0.1) is 17.8 Å². The summed E-state index contributed by atoms with van der Waals surface area (Å²) >= 11 is 0. The van der Waals surface area contributed by atoms with Crippen LogP contribution in [0.25, 0.3) is 33.4 Å². The minimum Gasteiger partial charge on any atom is -0.481 e. The van der Waals surface area contributed by atoms with Gasteiger partial charge in [-0.3, -0.25) is 28.8 Å². The Balaban J connectivity index is 0.000000217. The summed E-state index contributed by atoms with van der Waals surface area (Å²) in [6.07, 6.45) is 2.78. The van der Waals surface area contributed by atoms with Crippen molar-refractivity contribution in [2.45, 2.75) is 97.2 Å². The minimum atomic E-state index is -1.05. The lowest BCUT2D eigenvalue weighted by Crippen LogP contribution is -2.39. The highest BCUT2D eigenvalue weighted by molar-refractivity contribution is 5.95. The Morgan fingerprint density at radius 2 is 0.798 bits per heavy atom. The molecule has 462 valence electrons. The highest BCUT2D eigenvalue weighted by atomic mass is 16.5. The predicted molar refractivity (Wildman–Crippen MR) is 346 cm³/mol. The number of aromatic carboxylic acids is 1. The molecule has 0 saturated heterocycles. The lowest BCUT2D eigenvalue weighted by molar-refractivity contribution is -0.148. The van der Waals surface area contributed by atoms with Gasteiger partial charge in [0.1, 0.15) is 0 Å². The molecule has 8 aromatic carbocycles. The number of aliphatic carboxylic acids is 3. The van der Waals surface area contributed by atoms with Crippen molar-refractivity contribution in [3.63, 3.8) is 0 Å². The van der Waals surface area contributed by atoms with Crippen LogP contribution in [0.3, 0.4) is 0 Å². The van der Waals surface area contributed by atoms with E-state index in [-0.39, 0.29) is 67.0 Å². The average molecular weight is 1200 g/mol. The van der Waals surface area contributed by atoms with Gasteiger partial charge in [-0.25, -0.2) is 4.79 Å². The van der Waals surface area contributed by atoms with Crippen molar-refractivity contribution in [3.8, 4) is 33.4 Å². The first-order chi connectivity index (χ1) is 42.7.